The van der Waals surface area contributed by atoms with Crippen LogP contribution in [0.4, 0.5) is 0 Å². The second kappa shape index (κ2) is 10.2. The van der Waals surface area contributed by atoms with Gasteiger partial charge >= 0.3 is 0 Å². The predicted molar refractivity (Wildman–Crippen MR) is 189 cm³/mol. The second-order valence-corrected chi connectivity index (χ2v) is 12.4. The molecule has 0 saturated heterocycles. The third kappa shape index (κ3) is 4.10. The summed E-state index contributed by atoms with van der Waals surface area (Å²) in [5.74, 6) is 1.68. The quantitative estimate of drug-likeness (QED) is 0.194. The van der Waals surface area contributed by atoms with E-state index in [2.05, 4.69) is 36.4 Å². The molecule has 0 fully saturated rings. The number of aromatic nitrogens is 4. The van der Waals surface area contributed by atoms with Gasteiger partial charge in [0.05, 0.1) is 21.3 Å². The van der Waals surface area contributed by atoms with Gasteiger partial charge in [-0.1, -0.05) is 97.1 Å². The Morgan fingerprint density at radius 2 is 1.04 bits per heavy atom. The Balaban J connectivity index is 1.23. The van der Waals surface area contributed by atoms with Crippen LogP contribution in [0, 0.1) is 0 Å². The maximum atomic E-state index is 6.78. The lowest BCUT2D eigenvalue weighted by Crippen LogP contribution is -2.00. The summed E-state index contributed by atoms with van der Waals surface area (Å²) in [4.78, 5) is 20.1. The van der Waals surface area contributed by atoms with E-state index < -0.39 is 0 Å². The standard InChI is InChI=1S/C40H22N4O2S/c1-2-11-23(12-3-1)37-42-38(27-16-10-21-32-34(27)26-13-4-6-20-31(26)45-32)44-39(43-37)28-17-8-14-24-25-15-9-18-29(36(25)46-35(24)28)40-41-30-19-5-7-22-33(30)47-40/h1-22H. The molecule has 0 N–H and O–H groups in total. The molecule has 7 heteroatoms. The Morgan fingerprint density at radius 3 is 1.89 bits per heavy atom. The maximum absolute atomic E-state index is 6.78. The van der Waals surface area contributed by atoms with Gasteiger partial charge in [-0.05, 0) is 36.4 Å². The zero-order valence-electron chi connectivity index (χ0n) is 24.7. The number of fused-ring (bicyclic) bond motifs is 7. The Bertz CT molecular complexity index is 2780. The molecule has 0 aliphatic carbocycles. The summed E-state index contributed by atoms with van der Waals surface area (Å²) in [6.07, 6.45) is 0. The fourth-order valence-corrected chi connectivity index (χ4v) is 7.43. The van der Waals surface area contributed by atoms with Gasteiger partial charge in [-0.2, -0.15) is 0 Å². The normalized spacial score (nSPS) is 11.8. The van der Waals surface area contributed by atoms with E-state index in [4.69, 9.17) is 28.8 Å². The molecule has 4 heterocycles. The van der Waals surface area contributed by atoms with Crippen molar-refractivity contribution in [1.82, 2.24) is 19.9 Å². The molecule has 6 nitrogen and oxygen atoms in total. The van der Waals surface area contributed by atoms with Gasteiger partial charge in [0.1, 0.15) is 27.3 Å². The molecule has 47 heavy (non-hydrogen) atoms. The van der Waals surface area contributed by atoms with E-state index in [9.17, 15) is 0 Å². The molecule has 4 aromatic heterocycles. The van der Waals surface area contributed by atoms with Crippen LogP contribution >= 0.6 is 11.3 Å². The Morgan fingerprint density at radius 1 is 0.426 bits per heavy atom. The maximum Gasteiger partial charge on any atom is 0.167 e. The molecule has 0 saturated carbocycles. The van der Waals surface area contributed by atoms with Crippen LogP contribution in [0.3, 0.4) is 0 Å². The van der Waals surface area contributed by atoms with Crippen molar-refractivity contribution in [1.29, 1.82) is 0 Å². The van der Waals surface area contributed by atoms with E-state index in [0.29, 0.717) is 17.5 Å². The molecule has 0 bridgehead atoms. The molecule has 0 unspecified atom stereocenters. The Labute approximate surface area is 271 Å². The summed E-state index contributed by atoms with van der Waals surface area (Å²) in [6.45, 7) is 0. The van der Waals surface area contributed by atoms with Gasteiger partial charge in [0.2, 0.25) is 0 Å². The number of furan rings is 2. The molecule has 10 aromatic rings. The van der Waals surface area contributed by atoms with E-state index in [1.807, 2.05) is 97.1 Å². The molecule has 220 valence electrons. The van der Waals surface area contributed by atoms with Crippen LogP contribution in [0.5, 0.6) is 0 Å². The number of para-hydroxylation sites is 4. The van der Waals surface area contributed by atoms with E-state index >= 15 is 0 Å². The van der Waals surface area contributed by atoms with E-state index in [1.165, 1.54) is 0 Å². The lowest BCUT2D eigenvalue weighted by atomic mass is 10.0. The van der Waals surface area contributed by atoms with Crippen LogP contribution in [-0.4, -0.2) is 19.9 Å². The molecule has 0 atom stereocenters. The zero-order valence-corrected chi connectivity index (χ0v) is 25.5. The highest BCUT2D eigenvalue weighted by atomic mass is 32.1. The summed E-state index contributed by atoms with van der Waals surface area (Å²) in [6, 6.07) is 44.7. The van der Waals surface area contributed by atoms with Crippen molar-refractivity contribution in [2.24, 2.45) is 0 Å². The number of hydrogen-bond donors (Lipinski definition) is 0. The molecule has 0 aliphatic heterocycles. The molecule has 0 aliphatic rings. The molecule has 6 aromatic carbocycles. The monoisotopic (exact) mass is 622 g/mol. The highest BCUT2D eigenvalue weighted by Gasteiger charge is 2.21. The van der Waals surface area contributed by atoms with Crippen LogP contribution in [0.2, 0.25) is 0 Å². The minimum atomic E-state index is 0.532. The molecule has 0 radical (unpaired) electrons. The van der Waals surface area contributed by atoms with Gasteiger partial charge in [-0.3, -0.25) is 0 Å². The van der Waals surface area contributed by atoms with Crippen molar-refractivity contribution >= 4 is 65.4 Å². The van der Waals surface area contributed by atoms with Crippen LogP contribution in [-0.2, 0) is 0 Å². The van der Waals surface area contributed by atoms with Gasteiger partial charge in [0.15, 0.2) is 17.5 Å². The average molecular weight is 623 g/mol. The van der Waals surface area contributed by atoms with Gasteiger partial charge in [-0.25, -0.2) is 19.9 Å². The topological polar surface area (TPSA) is 77.8 Å². The molecule has 0 spiro atoms. The lowest BCUT2D eigenvalue weighted by molar-refractivity contribution is 0.669. The van der Waals surface area contributed by atoms with Crippen LogP contribution in [0.15, 0.2) is 142 Å². The lowest BCUT2D eigenvalue weighted by Gasteiger charge is -2.09. The highest BCUT2D eigenvalue weighted by molar-refractivity contribution is 7.21. The fraction of sp³-hybridized carbons (Fsp3) is 0. The SMILES string of the molecule is c1ccc(-c2nc(-c3cccc4c3oc3c(-c5nc6ccccc6s5)cccc34)nc(-c3cccc4oc5ccccc5c34)n2)cc1. The summed E-state index contributed by atoms with van der Waals surface area (Å²) in [7, 11) is 0. The highest BCUT2D eigenvalue weighted by Crippen LogP contribution is 2.42. The van der Waals surface area contributed by atoms with Crippen LogP contribution in [0.1, 0.15) is 0 Å². The number of nitrogens with zero attached hydrogens (tertiary/aromatic N) is 4. The van der Waals surface area contributed by atoms with Gasteiger partial charge in [-0.15, -0.1) is 11.3 Å². The fourth-order valence-electron chi connectivity index (χ4n) is 6.45. The molecular weight excluding hydrogens is 601 g/mol. The number of thiazole rings is 1. The summed E-state index contributed by atoms with van der Waals surface area (Å²) < 4.78 is 14.1. The number of hydrogen-bond acceptors (Lipinski definition) is 7. The molecule has 0 amide bonds. The van der Waals surface area contributed by atoms with Crippen LogP contribution < -0.4 is 0 Å². The number of benzene rings is 6. The first-order valence-electron chi connectivity index (χ1n) is 15.3. The summed E-state index contributed by atoms with van der Waals surface area (Å²) in [5, 5.41) is 4.92. The third-order valence-electron chi connectivity index (χ3n) is 8.60. The van der Waals surface area contributed by atoms with Gasteiger partial charge < -0.3 is 8.83 Å². The van der Waals surface area contributed by atoms with E-state index in [0.717, 1.165) is 81.4 Å². The minimum absolute atomic E-state index is 0.532. The zero-order chi connectivity index (χ0) is 30.9. The van der Waals surface area contributed by atoms with E-state index in [1.54, 1.807) is 11.3 Å². The van der Waals surface area contributed by atoms with Crippen molar-refractivity contribution in [2.45, 2.75) is 0 Å². The van der Waals surface area contributed by atoms with Crippen molar-refractivity contribution in [3.05, 3.63) is 133 Å². The average Bonchev–Trinajstić information content (AvgIpc) is 3.85. The first kappa shape index (κ1) is 26.1. The van der Waals surface area contributed by atoms with Crippen molar-refractivity contribution < 1.29 is 8.83 Å². The summed E-state index contributed by atoms with van der Waals surface area (Å²) >= 11 is 1.67. The first-order valence-corrected chi connectivity index (χ1v) is 16.1. The number of rotatable bonds is 4. The van der Waals surface area contributed by atoms with Crippen molar-refractivity contribution in [2.75, 3.05) is 0 Å². The Hall–Kier alpha value is -6.18. The molecular formula is C40H22N4O2S. The predicted octanol–water partition coefficient (Wildman–Crippen LogP) is 10.9. The van der Waals surface area contributed by atoms with Gasteiger partial charge in [0, 0.05) is 32.7 Å². The molecule has 10 rings (SSSR count). The van der Waals surface area contributed by atoms with E-state index in [-0.39, 0.29) is 0 Å². The van der Waals surface area contributed by atoms with Crippen molar-refractivity contribution in [3.63, 3.8) is 0 Å². The Kier molecular flexibility index (Phi) is 5.64. The largest absolute Gasteiger partial charge is 0.456 e. The second-order valence-electron chi connectivity index (χ2n) is 11.4. The first-order chi connectivity index (χ1) is 23.3. The minimum Gasteiger partial charge on any atom is -0.456 e. The third-order valence-corrected chi connectivity index (χ3v) is 9.67. The smallest absolute Gasteiger partial charge is 0.167 e. The van der Waals surface area contributed by atoms with Crippen LogP contribution in [0.25, 0.3) is 98.8 Å². The van der Waals surface area contributed by atoms with Crippen molar-refractivity contribution in [3.8, 4) is 44.7 Å². The summed E-state index contributed by atoms with van der Waals surface area (Å²) in [5.41, 5.74) is 7.63. The van der Waals surface area contributed by atoms with Gasteiger partial charge in [0.25, 0.3) is 0 Å².